The number of carbonyl (C=O) groups excluding carboxylic acids is 1. The highest BCUT2D eigenvalue weighted by Gasteiger charge is 2.26. The number of amides is 1. The molecule has 0 spiro atoms. The summed E-state index contributed by atoms with van der Waals surface area (Å²) in [5, 5.41) is 0. The first-order valence-electron chi connectivity index (χ1n) is 8.85. The van der Waals surface area contributed by atoms with Crippen LogP contribution in [0.4, 0.5) is 0 Å². The van der Waals surface area contributed by atoms with E-state index < -0.39 is 0 Å². The maximum atomic E-state index is 12.8. The van der Waals surface area contributed by atoms with Gasteiger partial charge in [-0.05, 0) is 43.2 Å². The molecule has 3 heterocycles. The largest absolute Gasteiger partial charge is 0.342 e. The van der Waals surface area contributed by atoms with Gasteiger partial charge in [-0.3, -0.25) is 4.79 Å². The smallest absolute Gasteiger partial charge is 0.253 e. The number of thiazole rings is 1. The van der Waals surface area contributed by atoms with Crippen molar-refractivity contribution in [2.45, 2.75) is 18.8 Å². The summed E-state index contributed by atoms with van der Waals surface area (Å²) in [5.41, 5.74) is 5.62. The average molecular weight is 362 g/mol. The fraction of sp³-hybridized carbons (Fsp3) is 0.250. The van der Waals surface area contributed by atoms with Crippen LogP contribution in [0.5, 0.6) is 0 Å². The number of nitrogens with zero attached hydrogens (tertiary/aromatic N) is 3. The van der Waals surface area contributed by atoms with Crippen molar-refractivity contribution in [2.24, 2.45) is 0 Å². The first-order valence-corrected chi connectivity index (χ1v) is 9.73. The maximum absolute atomic E-state index is 12.8. The van der Waals surface area contributed by atoms with Crippen molar-refractivity contribution in [3.63, 3.8) is 0 Å². The second kappa shape index (κ2) is 6.21. The Hall–Kier alpha value is -2.73. The van der Waals surface area contributed by atoms with E-state index >= 15 is 0 Å². The third-order valence-corrected chi connectivity index (χ3v) is 5.95. The zero-order valence-corrected chi connectivity index (χ0v) is 15.0. The summed E-state index contributed by atoms with van der Waals surface area (Å²) in [6.07, 6.45) is 1.88. The van der Waals surface area contributed by atoms with Crippen LogP contribution in [0, 0.1) is 0 Å². The highest BCUT2D eigenvalue weighted by molar-refractivity contribution is 7.16. The number of H-pyrrole nitrogens is 1. The van der Waals surface area contributed by atoms with Crippen molar-refractivity contribution in [1.82, 2.24) is 19.9 Å². The molecular formula is C20H18N4OS. The molecular weight excluding hydrogens is 344 g/mol. The van der Waals surface area contributed by atoms with Gasteiger partial charge >= 0.3 is 0 Å². The van der Waals surface area contributed by atoms with Gasteiger partial charge in [0.25, 0.3) is 5.91 Å². The zero-order valence-electron chi connectivity index (χ0n) is 14.2. The summed E-state index contributed by atoms with van der Waals surface area (Å²) in [5.74, 6) is 1.54. The number of imidazole rings is 1. The molecule has 0 atom stereocenters. The van der Waals surface area contributed by atoms with E-state index in [4.69, 9.17) is 4.98 Å². The summed E-state index contributed by atoms with van der Waals surface area (Å²) in [4.78, 5) is 27.2. The first kappa shape index (κ1) is 15.5. The molecule has 1 aliphatic rings. The van der Waals surface area contributed by atoms with Crippen LogP contribution in [-0.4, -0.2) is 38.8 Å². The lowest BCUT2D eigenvalue weighted by Gasteiger charge is -2.31. The second-order valence-corrected chi connectivity index (χ2v) is 7.63. The monoisotopic (exact) mass is 362 g/mol. The quantitative estimate of drug-likeness (QED) is 0.581. The van der Waals surface area contributed by atoms with Crippen LogP contribution in [0.15, 0.2) is 48.0 Å². The molecule has 130 valence electrons. The minimum absolute atomic E-state index is 0.114. The maximum Gasteiger partial charge on any atom is 0.253 e. The number of fused-ring (bicyclic) bond motifs is 2. The van der Waals surface area contributed by atoms with Gasteiger partial charge in [0.05, 0.1) is 26.8 Å². The van der Waals surface area contributed by atoms with E-state index in [9.17, 15) is 4.79 Å². The first-order chi connectivity index (χ1) is 12.8. The van der Waals surface area contributed by atoms with E-state index in [0.717, 1.165) is 58.6 Å². The minimum atomic E-state index is 0.114. The lowest BCUT2D eigenvalue weighted by molar-refractivity contribution is 0.0711. The molecule has 5 rings (SSSR count). The van der Waals surface area contributed by atoms with Gasteiger partial charge in [-0.15, -0.1) is 11.3 Å². The van der Waals surface area contributed by atoms with Crippen LogP contribution in [0.25, 0.3) is 21.3 Å². The van der Waals surface area contributed by atoms with Gasteiger partial charge in [-0.25, -0.2) is 9.97 Å². The van der Waals surface area contributed by atoms with Gasteiger partial charge in [-0.2, -0.15) is 0 Å². The highest BCUT2D eigenvalue weighted by Crippen LogP contribution is 2.29. The predicted octanol–water partition coefficient (Wildman–Crippen LogP) is 4.19. The Morgan fingerprint density at radius 2 is 1.96 bits per heavy atom. The van der Waals surface area contributed by atoms with Gasteiger partial charge in [0.1, 0.15) is 5.82 Å². The molecule has 1 aliphatic heterocycles. The Morgan fingerprint density at radius 3 is 2.81 bits per heavy atom. The van der Waals surface area contributed by atoms with E-state index in [1.807, 2.05) is 46.8 Å². The number of nitrogens with one attached hydrogen (secondary N) is 1. The molecule has 2 aromatic heterocycles. The molecule has 1 N–H and O–H groups in total. The van der Waals surface area contributed by atoms with Crippen molar-refractivity contribution in [2.75, 3.05) is 13.1 Å². The van der Waals surface area contributed by atoms with E-state index in [-0.39, 0.29) is 5.91 Å². The number of likely N-dealkylation sites (tertiary alicyclic amines) is 1. The number of para-hydroxylation sites is 2. The summed E-state index contributed by atoms with van der Waals surface area (Å²) in [6, 6.07) is 13.9. The minimum Gasteiger partial charge on any atom is -0.342 e. The van der Waals surface area contributed by atoms with Crippen LogP contribution >= 0.6 is 11.3 Å². The summed E-state index contributed by atoms with van der Waals surface area (Å²) < 4.78 is 1.06. The number of aromatic nitrogens is 3. The fourth-order valence-corrected chi connectivity index (χ4v) is 4.41. The Labute approximate surface area is 154 Å². The molecule has 0 bridgehead atoms. The van der Waals surface area contributed by atoms with E-state index in [1.165, 1.54) is 0 Å². The van der Waals surface area contributed by atoms with Gasteiger partial charge in [0.15, 0.2) is 0 Å². The van der Waals surface area contributed by atoms with Crippen molar-refractivity contribution in [3.8, 4) is 0 Å². The number of aromatic amines is 1. The Kier molecular flexibility index (Phi) is 3.71. The van der Waals surface area contributed by atoms with Crippen molar-refractivity contribution in [1.29, 1.82) is 0 Å². The topological polar surface area (TPSA) is 61.9 Å². The van der Waals surface area contributed by atoms with E-state index in [1.54, 1.807) is 11.3 Å². The lowest BCUT2D eigenvalue weighted by atomic mass is 9.95. The Bertz CT molecular complexity index is 1060. The number of piperidine rings is 1. The van der Waals surface area contributed by atoms with E-state index in [2.05, 4.69) is 16.0 Å². The predicted molar refractivity (Wildman–Crippen MR) is 104 cm³/mol. The normalized spacial score (nSPS) is 15.8. The Balaban J connectivity index is 1.30. The fourth-order valence-electron chi connectivity index (χ4n) is 3.69. The average Bonchev–Trinajstić information content (AvgIpc) is 3.33. The molecule has 0 unspecified atom stereocenters. The van der Waals surface area contributed by atoms with Crippen molar-refractivity contribution < 1.29 is 4.79 Å². The molecule has 0 saturated carbocycles. The number of rotatable bonds is 2. The third-order valence-electron chi connectivity index (χ3n) is 5.15. The van der Waals surface area contributed by atoms with Gasteiger partial charge in [0.2, 0.25) is 0 Å². The molecule has 4 aromatic rings. The van der Waals surface area contributed by atoms with E-state index in [0.29, 0.717) is 5.92 Å². The van der Waals surface area contributed by atoms with Crippen molar-refractivity contribution >= 4 is 38.5 Å². The molecule has 26 heavy (non-hydrogen) atoms. The highest BCUT2D eigenvalue weighted by atomic mass is 32.1. The molecule has 2 aromatic carbocycles. The lowest BCUT2D eigenvalue weighted by Crippen LogP contribution is -2.38. The van der Waals surface area contributed by atoms with Gasteiger partial charge in [-0.1, -0.05) is 12.1 Å². The molecule has 1 fully saturated rings. The molecule has 1 amide bonds. The summed E-state index contributed by atoms with van der Waals surface area (Å²) >= 11 is 1.57. The second-order valence-electron chi connectivity index (χ2n) is 6.74. The molecule has 6 heteroatoms. The molecule has 1 saturated heterocycles. The van der Waals surface area contributed by atoms with Gasteiger partial charge < -0.3 is 9.88 Å². The van der Waals surface area contributed by atoms with Crippen LogP contribution in [-0.2, 0) is 0 Å². The molecule has 5 nitrogen and oxygen atoms in total. The van der Waals surface area contributed by atoms with Crippen molar-refractivity contribution in [3.05, 3.63) is 59.4 Å². The number of hydrogen-bond acceptors (Lipinski definition) is 4. The Morgan fingerprint density at radius 1 is 1.12 bits per heavy atom. The SMILES string of the molecule is O=C(c1ccc2ncsc2c1)N1CCC(c2nc3ccccc3[nH]2)CC1. The van der Waals surface area contributed by atoms with Crippen LogP contribution in [0.1, 0.15) is 34.9 Å². The molecule has 0 aliphatic carbocycles. The van der Waals surface area contributed by atoms with Crippen LogP contribution in [0.2, 0.25) is 0 Å². The summed E-state index contributed by atoms with van der Waals surface area (Å²) in [7, 11) is 0. The molecule has 0 radical (unpaired) electrons. The number of benzene rings is 2. The zero-order chi connectivity index (χ0) is 17.5. The number of hydrogen-bond donors (Lipinski definition) is 1. The number of carbonyl (C=O) groups is 1. The van der Waals surface area contributed by atoms with Crippen LogP contribution in [0.3, 0.4) is 0 Å². The summed E-state index contributed by atoms with van der Waals surface area (Å²) in [6.45, 7) is 1.53. The van der Waals surface area contributed by atoms with Gasteiger partial charge in [0, 0.05) is 24.6 Å². The standard InChI is InChI=1S/C20H18N4OS/c25-20(14-5-6-17-18(11-14)26-12-21-17)24-9-7-13(8-10-24)19-22-15-3-1-2-4-16(15)23-19/h1-6,11-13H,7-10H2,(H,22,23). The third kappa shape index (κ3) is 2.66. The van der Waals surface area contributed by atoms with Crippen LogP contribution < -0.4 is 0 Å².